The van der Waals surface area contributed by atoms with E-state index in [1.54, 1.807) is 0 Å². The van der Waals surface area contributed by atoms with Crippen LogP contribution in [0.5, 0.6) is 0 Å². The second kappa shape index (κ2) is 10.5. The van der Waals surface area contributed by atoms with E-state index in [1.807, 2.05) is 0 Å². The predicted molar refractivity (Wildman–Crippen MR) is 71.2 cm³/mol. The van der Waals surface area contributed by atoms with E-state index in [9.17, 15) is 4.79 Å². The lowest BCUT2D eigenvalue weighted by atomic mass is 10.4. The van der Waals surface area contributed by atoms with Crippen molar-refractivity contribution >= 4 is 57.4 Å². The van der Waals surface area contributed by atoms with Crippen molar-refractivity contribution in [2.45, 2.75) is 6.04 Å². The Kier molecular flexibility index (Phi) is 14.1. The van der Waals surface area contributed by atoms with E-state index >= 15 is 0 Å². The fourth-order valence-electron chi connectivity index (χ4n) is 0.0781. The van der Waals surface area contributed by atoms with Gasteiger partial charge in [0, 0.05) is 16.9 Å². The molecular weight excluding hydrogens is 337 g/mol. The molecular formula is C3H12NO8PS4. The first-order valence-corrected chi connectivity index (χ1v) is 8.95. The van der Waals surface area contributed by atoms with Crippen molar-refractivity contribution in [3.8, 4) is 0 Å². The first kappa shape index (κ1) is 22.8. The highest BCUT2D eigenvalue weighted by Crippen LogP contribution is 2.26. The van der Waals surface area contributed by atoms with Crippen molar-refractivity contribution in [3.05, 3.63) is 0 Å². The summed E-state index contributed by atoms with van der Waals surface area (Å²) in [6, 6.07) is -0.816. The second-order valence-electron chi connectivity index (χ2n) is 2.09. The number of rotatable bonds is 2. The van der Waals surface area contributed by atoms with Crippen LogP contribution in [-0.4, -0.2) is 50.9 Å². The van der Waals surface area contributed by atoms with Crippen molar-refractivity contribution in [1.82, 2.24) is 0 Å². The van der Waals surface area contributed by atoms with E-state index < -0.39 is 27.8 Å². The molecule has 14 heteroatoms. The van der Waals surface area contributed by atoms with E-state index in [0.717, 1.165) is 0 Å². The Labute approximate surface area is 113 Å². The Morgan fingerprint density at radius 3 is 1.59 bits per heavy atom. The monoisotopic (exact) mass is 349 g/mol. The van der Waals surface area contributed by atoms with Gasteiger partial charge in [-0.05, 0) is 11.8 Å². The van der Waals surface area contributed by atoms with Gasteiger partial charge < -0.3 is 25.5 Å². The molecule has 0 spiro atoms. The summed E-state index contributed by atoms with van der Waals surface area (Å²) in [5.74, 6) is -0.815. The normalized spacial score (nSPS) is 12.4. The number of aliphatic carboxylic acids is 1. The van der Waals surface area contributed by atoms with Crippen LogP contribution >= 0.6 is 19.3 Å². The SMILES string of the molecule is N[C@@H](CS)C(=O)O.O=S(O)(O)=S.OP(O)(O)=S. The van der Waals surface area contributed by atoms with Gasteiger partial charge in [-0.3, -0.25) is 13.9 Å². The maximum Gasteiger partial charge on any atom is 0.321 e. The van der Waals surface area contributed by atoms with Gasteiger partial charge in [-0.1, -0.05) is 0 Å². The quantitative estimate of drug-likeness (QED) is 0.208. The number of carboxylic acid groups (broad SMARTS) is 1. The molecule has 0 bridgehead atoms. The first-order valence-electron chi connectivity index (χ1n) is 3.26. The summed E-state index contributed by atoms with van der Waals surface area (Å²) in [6.45, 7) is -3.81. The maximum atomic E-state index is 9.76. The van der Waals surface area contributed by atoms with Gasteiger partial charge in [0.2, 0.25) is 0 Å². The minimum atomic E-state index is -3.83. The van der Waals surface area contributed by atoms with Crippen LogP contribution in [0.15, 0.2) is 0 Å². The molecule has 0 heterocycles. The highest BCUT2D eigenvalue weighted by Gasteiger charge is 2.06. The highest BCUT2D eigenvalue weighted by molar-refractivity contribution is 8.26. The van der Waals surface area contributed by atoms with Crippen LogP contribution in [0.25, 0.3) is 0 Å². The molecule has 8 N–H and O–H groups in total. The highest BCUT2D eigenvalue weighted by atomic mass is 32.9. The standard InChI is InChI=1S/C3H7NO2S.H3O3PS.H2O3S2/c4-2(1-7)3(5)6;1-4(2,3)5;1-5(2,3)4/h2,7H,1,4H2,(H,5,6);(H3,1,2,3,5);(H2,1,2,3,4)/t2-;;/m0../s1. The molecule has 106 valence electrons. The van der Waals surface area contributed by atoms with Gasteiger partial charge in [-0.15, -0.1) is 0 Å². The van der Waals surface area contributed by atoms with Crippen LogP contribution in [-0.2, 0) is 36.8 Å². The Morgan fingerprint density at radius 1 is 1.41 bits per heavy atom. The molecule has 9 nitrogen and oxygen atoms in total. The second-order valence-corrected chi connectivity index (χ2v) is 7.15. The lowest BCUT2D eigenvalue weighted by molar-refractivity contribution is -0.137. The van der Waals surface area contributed by atoms with Gasteiger partial charge in [0.25, 0.3) is 9.05 Å². The fourth-order valence-corrected chi connectivity index (χ4v) is 0.234. The van der Waals surface area contributed by atoms with E-state index in [0.29, 0.717) is 0 Å². The van der Waals surface area contributed by atoms with E-state index in [2.05, 4.69) is 35.6 Å². The largest absolute Gasteiger partial charge is 0.480 e. The van der Waals surface area contributed by atoms with Crippen LogP contribution in [0.3, 0.4) is 0 Å². The molecule has 1 atom stereocenters. The molecule has 0 fully saturated rings. The molecule has 0 aliphatic heterocycles. The zero-order valence-electron chi connectivity index (χ0n) is 7.98. The van der Waals surface area contributed by atoms with Crippen LogP contribution in [0.4, 0.5) is 0 Å². The third-order valence-corrected chi connectivity index (χ3v) is 0.907. The predicted octanol–water partition coefficient (Wildman–Crippen LogP) is -1.81. The van der Waals surface area contributed by atoms with Crippen LogP contribution < -0.4 is 5.73 Å². The van der Waals surface area contributed by atoms with Gasteiger partial charge in [0.15, 0.2) is 0 Å². The molecule has 0 amide bonds. The summed E-state index contributed by atoms with van der Waals surface area (Å²) in [7, 11) is -3.83. The molecule has 0 aliphatic rings. The van der Waals surface area contributed by atoms with Gasteiger partial charge >= 0.3 is 12.7 Å². The number of nitrogens with two attached hydrogens (primary N) is 1. The zero-order chi connectivity index (χ0) is 14.9. The molecule has 0 saturated heterocycles. The first-order chi connectivity index (χ1) is 7.18. The third kappa shape index (κ3) is 81.2. The average Bonchev–Trinajstić information content (AvgIpc) is 1.96. The van der Waals surface area contributed by atoms with Gasteiger partial charge in [-0.2, -0.15) is 16.8 Å². The number of carbonyl (C=O) groups is 1. The molecule has 0 aromatic carbocycles. The molecule has 0 aliphatic carbocycles. The van der Waals surface area contributed by atoms with E-state index in [1.165, 1.54) is 0 Å². The average molecular weight is 349 g/mol. The Balaban J connectivity index is -0.000000177. The summed E-state index contributed by atoms with van der Waals surface area (Å²) in [6.07, 6.45) is 0. The topological polar surface area (TPSA) is 182 Å². The minimum absolute atomic E-state index is 0.190. The minimum Gasteiger partial charge on any atom is -0.480 e. The van der Waals surface area contributed by atoms with Crippen molar-refractivity contribution in [2.24, 2.45) is 5.73 Å². The summed E-state index contributed by atoms with van der Waals surface area (Å²) >= 11 is 10.7. The number of carboxylic acids is 1. The zero-order valence-corrected chi connectivity index (χ0v) is 12.2. The van der Waals surface area contributed by atoms with Gasteiger partial charge in [-0.25, -0.2) is 0 Å². The molecule has 0 unspecified atom stereocenters. The summed E-state index contributed by atoms with van der Waals surface area (Å²) in [4.78, 5) is 32.4. The number of hydrogen-bond acceptors (Lipinski definition) is 6. The number of thiol groups is 1. The fraction of sp³-hybridized carbons (Fsp3) is 0.667. The third-order valence-electron chi connectivity index (χ3n) is 0.514. The Morgan fingerprint density at radius 2 is 1.59 bits per heavy atom. The van der Waals surface area contributed by atoms with Gasteiger partial charge in [0.1, 0.15) is 6.04 Å². The smallest absolute Gasteiger partial charge is 0.321 e. The summed E-state index contributed by atoms with van der Waals surface area (Å²) < 4.78 is 24.0. The Bertz CT molecular complexity index is 334. The van der Waals surface area contributed by atoms with Crippen molar-refractivity contribution in [1.29, 1.82) is 0 Å². The van der Waals surface area contributed by atoms with E-state index in [4.69, 9.17) is 38.8 Å². The molecule has 0 aromatic heterocycles. The lowest BCUT2D eigenvalue weighted by Crippen LogP contribution is -2.31. The molecule has 0 radical (unpaired) electrons. The number of hydrogen-bond donors (Lipinski definition) is 8. The van der Waals surface area contributed by atoms with Gasteiger partial charge in [0.05, 0.1) is 0 Å². The summed E-state index contributed by atoms with van der Waals surface area (Å²) in [5.41, 5.74) is 4.94. The van der Waals surface area contributed by atoms with Crippen molar-refractivity contribution in [2.75, 3.05) is 5.75 Å². The van der Waals surface area contributed by atoms with Crippen LogP contribution in [0.1, 0.15) is 0 Å². The van der Waals surface area contributed by atoms with Crippen molar-refractivity contribution in [3.63, 3.8) is 0 Å². The van der Waals surface area contributed by atoms with Crippen LogP contribution in [0, 0.1) is 0 Å². The van der Waals surface area contributed by atoms with E-state index in [-0.39, 0.29) is 5.75 Å². The molecule has 17 heavy (non-hydrogen) atoms. The Hall–Kier alpha value is 0.600. The summed E-state index contributed by atoms with van der Waals surface area (Å²) in [5, 5.41) is 8.01. The van der Waals surface area contributed by atoms with Crippen molar-refractivity contribution < 1.29 is 37.9 Å². The lowest BCUT2D eigenvalue weighted by Gasteiger charge is -1.96. The maximum absolute atomic E-state index is 9.76. The van der Waals surface area contributed by atoms with Crippen LogP contribution in [0.2, 0.25) is 0 Å². The molecule has 0 saturated carbocycles. The molecule has 0 rings (SSSR count). The molecule has 0 aromatic rings.